The standard InChI is InChI=1S/C67H45F6N3/c1-39-13-5-9-17-51(39)44-21-25-59-55(33-44)56-34-45(52-18-10-6-14-40(52)2)22-26-60(56)75(59)63-29-43(38-74)30-64(65(63)48-31-49(66(68,69)70)37-50(32-48)67(71,72)73)76-61-27-23-46(53-19-11-7-15-41(53)3)35-57(61)58-36-47(24-28-62(58)76)54-20-12-8-16-42(54)4/h5-37H,1-4H3. The van der Waals surface area contributed by atoms with Crippen LogP contribution in [0.5, 0.6) is 0 Å². The van der Waals surface area contributed by atoms with E-state index in [1.807, 2.05) is 182 Å². The average molecular weight is 1010 g/mol. The molecule has 0 radical (unpaired) electrons. The van der Waals surface area contributed by atoms with Crippen LogP contribution >= 0.6 is 0 Å². The molecule has 0 fully saturated rings. The number of aryl methyl sites for hydroxylation is 4. The lowest BCUT2D eigenvalue weighted by atomic mass is 9.94. The van der Waals surface area contributed by atoms with Crippen molar-refractivity contribution in [3.8, 4) is 73.1 Å². The summed E-state index contributed by atoms with van der Waals surface area (Å²) in [5.41, 5.74) is 11.8. The van der Waals surface area contributed by atoms with Crippen LogP contribution in [0.3, 0.4) is 0 Å². The maximum absolute atomic E-state index is 15.2. The Morgan fingerprint density at radius 2 is 0.632 bits per heavy atom. The lowest BCUT2D eigenvalue weighted by Crippen LogP contribution is -2.12. The fourth-order valence-corrected chi connectivity index (χ4v) is 11.2. The van der Waals surface area contributed by atoms with Crippen LogP contribution < -0.4 is 0 Å². The molecule has 0 amide bonds. The van der Waals surface area contributed by atoms with Gasteiger partial charge in [0.05, 0.1) is 56.2 Å². The molecule has 0 aliphatic carbocycles. The monoisotopic (exact) mass is 1010 g/mol. The van der Waals surface area contributed by atoms with Crippen molar-refractivity contribution in [3.63, 3.8) is 0 Å². The number of fused-ring (bicyclic) bond motifs is 6. The lowest BCUT2D eigenvalue weighted by molar-refractivity contribution is -0.143. The summed E-state index contributed by atoms with van der Waals surface area (Å²) in [5, 5.41) is 14.3. The Labute approximate surface area is 434 Å². The van der Waals surface area contributed by atoms with Gasteiger partial charge in [0.1, 0.15) is 0 Å². The Morgan fingerprint density at radius 1 is 0.342 bits per heavy atom. The van der Waals surface area contributed by atoms with Gasteiger partial charge in [-0.25, -0.2) is 0 Å². The zero-order chi connectivity index (χ0) is 52.8. The number of aromatic nitrogens is 2. The Hall–Kier alpha value is -9.13. The van der Waals surface area contributed by atoms with Crippen molar-refractivity contribution in [1.29, 1.82) is 5.26 Å². The molecule has 0 saturated heterocycles. The molecule has 0 N–H and O–H groups in total. The van der Waals surface area contributed by atoms with E-state index in [1.54, 1.807) is 12.1 Å². The zero-order valence-electron chi connectivity index (χ0n) is 41.7. The van der Waals surface area contributed by atoms with Gasteiger partial charge in [-0.3, -0.25) is 0 Å². The first-order chi connectivity index (χ1) is 36.5. The number of hydrogen-bond donors (Lipinski definition) is 0. The Bertz CT molecular complexity index is 3920. The van der Waals surface area contributed by atoms with E-state index < -0.39 is 23.5 Å². The molecular weight excluding hydrogens is 961 g/mol. The van der Waals surface area contributed by atoms with E-state index in [0.717, 1.165) is 100 Å². The van der Waals surface area contributed by atoms with Gasteiger partial charge in [-0.15, -0.1) is 0 Å². The topological polar surface area (TPSA) is 33.6 Å². The first kappa shape index (κ1) is 47.8. The minimum absolute atomic E-state index is 0.0603. The summed E-state index contributed by atoms with van der Waals surface area (Å²) in [6.07, 6.45) is -10.3. The lowest BCUT2D eigenvalue weighted by Gasteiger charge is -2.22. The second-order valence-corrected chi connectivity index (χ2v) is 19.7. The molecule has 0 aliphatic rings. The van der Waals surface area contributed by atoms with Crippen molar-refractivity contribution < 1.29 is 26.3 Å². The van der Waals surface area contributed by atoms with Crippen molar-refractivity contribution in [1.82, 2.24) is 9.13 Å². The van der Waals surface area contributed by atoms with Crippen LogP contribution in [-0.2, 0) is 12.4 Å². The third kappa shape index (κ3) is 8.09. The molecule has 12 aromatic rings. The third-order valence-corrected chi connectivity index (χ3v) is 14.9. The van der Waals surface area contributed by atoms with Crippen molar-refractivity contribution in [2.75, 3.05) is 0 Å². The molecule has 3 nitrogen and oxygen atoms in total. The zero-order valence-corrected chi connectivity index (χ0v) is 41.7. The van der Waals surface area contributed by atoms with E-state index in [2.05, 4.69) is 30.3 Å². The van der Waals surface area contributed by atoms with Gasteiger partial charge in [0.2, 0.25) is 0 Å². The molecule has 0 spiro atoms. The molecule has 9 heteroatoms. The highest BCUT2D eigenvalue weighted by Crippen LogP contribution is 2.48. The molecule has 0 aliphatic heterocycles. The highest BCUT2D eigenvalue weighted by atomic mass is 19.4. The van der Waals surface area contributed by atoms with Crippen LogP contribution in [0, 0.1) is 39.0 Å². The molecule has 0 unspecified atom stereocenters. The fourth-order valence-electron chi connectivity index (χ4n) is 11.2. The highest BCUT2D eigenvalue weighted by molar-refractivity contribution is 6.14. The average Bonchev–Trinajstić information content (AvgIpc) is 4.04. The Balaban J connectivity index is 1.25. The minimum Gasteiger partial charge on any atom is -0.308 e. The Morgan fingerprint density at radius 3 is 0.895 bits per heavy atom. The van der Waals surface area contributed by atoms with E-state index in [9.17, 15) is 5.26 Å². The van der Waals surface area contributed by atoms with Gasteiger partial charge in [0.15, 0.2) is 0 Å². The van der Waals surface area contributed by atoms with E-state index >= 15 is 26.3 Å². The van der Waals surface area contributed by atoms with Crippen LogP contribution in [0.15, 0.2) is 200 Å². The van der Waals surface area contributed by atoms with Crippen LogP contribution in [-0.4, -0.2) is 9.13 Å². The molecule has 0 bridgehead atoms. The van der Waals surface area contributed by atoms with Gasteiger partial charge in [-0.1, -0.05) is 121 Å². The van der Waals surface area contributed by atoms with Crippen LogP contribution in [0.25, 0.3) is 111 Å². The van der Waals surface area contributed by atoms with Crippen LogP contribution in [0.4, 0.5) is 26.3 Å². The van der Waals surface area contributed by atoms with Crippen LogP contribution in [0.2, 0.25) is 0 Å². The highest BCUT2D eigenvalue weighted by Gasteiger charge is 2.38. The number of nitrogens with zero attached hydrogens (tertiary/aromatic N) is 3. The van der Waals surface area contributed by atoms with Crippen molar-refractivity contribution in [2.24, 2.45) is 0 Å². The summed E-state index contributed by atoms with van der Waals surface area (Å²) in [4.78, 5) is 0. The predicted molar refractivity (Wildman–Crippen MR) is 296 cm³/mol. The second kappa shape index (κ2) is 18.1. The SMILES string of the molecule is Cc1ccccc1-c1ccc2c(c1)c1cc(-c3ccccc3C)ccc1n2-c1cc(C#N)cc(-n2c3ccc(-c4ccccc4C)cc3c3cc(-c4ccccc4C)ccc32)c1-c1cc(C(F)(F)F)cc(C(F)(F)F)c1. The quantitative estimate of drug-likeness (QED) is 0.147. The normalized spacial score (nSPS) is 12.1. The van der Waals surface area contributed by atoms with E-state index in [4.69, 9.17) is 0 Å². The summed E-state index contributed by atoms with van der Waals surface area (Å²) in [6.45, 7) is 8.14. The summed E-state index contributed by atoms with van der Waals surface area (Å²) in [7, 11) is 0. The van der Waals surface area contributed by atoms with Crippen molar-refractivity contribution >= 4 is 43.6 Å². The van der Waals surface area contributed by atoms with Gasteiger partial charge in [-0.2, -0.15) is 31.6 Å². The van der Waals surface area contributed by atoms with Gasteiger partial charge < -0.3 is 9.13 Å². The number of rotatable bonds is 7. The summed E-state index contributed by atoms with van der Waals surface area (Å²) in [5.74, 6) is 0. The summed E-state index contributed by atoms with van der Waals surface area (Å²) >= 11 is 0. The smallest absolute Gasteiger partial charge is 0.308 e. The van der Waals surface area contributed by atoms with Gasteiger partial charge in [0, 0.05) is 27.1 Å². The molecule has 76 heavy (non-hydrogen) atoms. The van der Waals surface area contributed by atoms with Gasteiger partial charge >= 0.3 is 12.4 Å². The fraction of sp³-hybridized carbons (Fsp3) is 0.0896. The van der Waals surface area contributed by atoms with Gasteiger partial charge in [0.25, 0.3) is 0 Å². The third-order valence-electron chi connectivity index (χ3n) is 14.9. The number of alkyl halides is 6. The number of benzene rings is 10. The molecule has 12 rings (SSSR count). The Kier molecular flexibility index (Phi) is 11.4. The minimum atomic E-state index is -5.15. The maximum atomic E-state index is 15.2. The first-order valence-electron chi connectivity index (χ1n) is 24.8. The largest absolute Gasteiger partial charge is 0.416 e. The number of halogens is 6. The second-order valence-electron chi connectivity index (χ2n) is 19.7. The molecular formula is C67H45F6N3. The van der Waals surface area contributed by atoms with Crippen molar-refractivity contribution in [2.45, 2.75) is 40.0 Å². The number of nitriles is 1. The number of hydrogen-bond acceptors (Lipinski definition) is 1. The van der Waals surface area contributed by atoms with E-state index in [-0.39, 0.29) is 34.1 Å². The van der Waals surface area contributed by atoms with Crippen molar-refractivity contribution in [3.05, 3.63) is 239 Å². The van der Waals surface area contributed by atoms with Crippen LogP contribution in [0.1, 0.15) is 38.9 Å². The maximum Gasteiger partial charge on any atom is 0.416 e. The van der Waals surface area contributed by atoms with Gasteiger partial charge in [-0.05, 0) is 179 Å². The molecule has 370 valence electrons. The molecule has 0 atom stereocenters. The molecule has 10 aromatic carbocycles. The summed E-state index contributed by atoms with van der Waals surface area (Å²) in [6, 6.07) is 63.4. The van der Waals surface area contributed by atoms with E-state index in [0.29, 0.717) is 22.1 Å². The molecule has 2 heterocycles. The molecule has 2 aromatic heterocycles. The van der Waals surface area contributed by atoms with E-state index in [1.165, 1.54) is 0 Å². The molecule has 0 saturated carbocycles. The predicted octanol–water partition coefficient (Wildman–Crippen LogP) is 19.4. The first-order valence-corrected chi connectivity index (χ1v) is 24.8. The summed E-state index contributed by atoms with van der Waals surface area (Å²) < 4.78 is 94.7.